The molecule has 0 bridgehead atoms. The van der Waals surface area contributed by atoms with Gasteiger partial charge in [0.05, 0.1) is 0 Å². The van der Waals surface area contributed by atoms with Crippen LogP contribution >= 0.6 is 0 Å². The van der Waals surface area contributed by atoms with Crippen molar-refractivity contribution in [3.05, 3.63) is 137 Å². The molecule has 0 nitrogen and oxygen atoms in total. The molecule has 1 aliphatic rings. The van der Waals surface area contributed by atoms with E-state index in [2.05, 4.69) is 115 Å². The second-order valence-electron chi connectivity index (χ2n) is 7.39. The normalized spacial score (nSPS) is 12.7. The van der Waals surface area contributed by atoms with Gasteiger partial charge in [-0.1, -0.05) is 121 Å². The van der Waals surface area contributed by atoms with E-state index < -0.39 is 0 Å². The molecule has 5 rings (SSSR count). The summed E-state index contributed by atoms with van der Waals surface area (Å²) in [7, 11) is 0. The summed E-state index contributed by atoms with van der Waals surface area (Å²) in [5, 5.41) is 0. The molecule has 0 atom stereocenters. The van der Waals surface area contributed by atoms with Gasteiger partial charge < -0.3 is 0 Å². The van der Waals surface area contributed by atoms with Gasteiger partial charge in [0, 0.05) is 5.92 Å². The highest BCUT2D eigenvalue weighted by atomic mass is 14.3. The van der Waals surface area contributed by atoms with E-state index in [4.69, 9.17) is 0 Å². The van der Waals surface area contributed by atoms with E-state index in [0.29, 0.717) is 5.92 Å². The molecule has 0 saturated carbocycles. The van der Waals surface area contributed by atoms with Crippen molar-refractivity contribution in [2.24, 2.45) is 0 Å². The van der Waals surface area contributed by atoms with Gasteiger partial charge >= 0.3 is 0 Å². The lowest BCUT2D eigenvalue weighted by molar-refractivity contribution is 0.917. The fourth-order valence-corrected chi connectivity index (χ4v) is 4.36. The van der Waals surface area contributed by atoms with Crippen LogP contribution in [0.15, 0.2) is 115 Å². The molecule has 0 radical (unpaired) electrons. The van der Waals surface area contributed by atoms with Crippen molar-refractivity contribution in [3.63, 3.8) is 0 Å². The molecule has 0 spiro atoms. The number of benzene rings is 4. The van der Waals surface area contributed by atoms with Crippen molar-refractivity contribution >= 4 is 6.08 Å². The summed E-state index contributed by atoms with van der Waals surface area (Å²) in [6, 6.07) is 39.2. The molecule has 0 unspecified atom stereocenters. The van der Waals surface area contributed by atoms with Crippen molar-refractivity contribution in [1.29, 1.82) is 0 Å². The second kappa shape index (κ2) is 7.32. The second-order valence-corrected chi connectivity index (χ2v) is 7.39. The maximum absolute atomic E-state index is 2.43. The van der Waals surface area contributed by atoms with Gasteiger partial charge in [-0.25, -0.2) is 0 Å². The first-order valence-corrected chi connectivity index (χ1v) is 9.88. The van der Waals surface area contributed by atoms with Crippen molar-refractivity contribution < 1.29 is 0 Å². The molecule has 1 aliphatic carbocycles. The van der Waals surface area contributed by atoms with E-state index >= 15 is 0 Å². The molecule has 0 heterocycles. The molecule has 0 amide bonds. The van der Waals surface area contributed by atoms with Crippen LogP contribution in [0.3, 0.4) is 0 Å². The lowest BCUT2D eigenvalue weighted by Crippen LogP contribution is -2.05. The van der Waals surface area contributed by atoms with Gasteiger partial charge in [-0.05, 0) is 39.8 Å². The van der Waals surface area contributed by atoms with Crippen LogP contribution in [0.25, 0.3) is 17.2 Å². The number of hydrogen-bond donors (Lipinski definition) is 0. The standard InChI is InChI=1S/C28H22/c1-4-11-21(12-5-1)26-18-10-17-24-19-25(20-27(24)26)28(22-13-6-2-7-14-22)23-15-8-3-9-16-23/h1-18,20,28H,19H2. The van der Waals surface area contributed by atoms with Crippen molar-refractivity contribution in [3.8, 4) is 11.1 Å². The van der Waals surface area contributed by atoms with Crippen LogP contribution in [-0.4, -0.2) is 0 Å². The molecule has 0 heteroatoms. The molecular formula is C28H22. The Balaban J connectivity index is 1.63. The number of rotatable bonds is 4. The molecule has 4 aromatic carbocycles. The molecule has 28 heavy (non-hydrogen) atoms. The Morgan fingerprint density at radius 3 is 1.71 bits per heavy atom. The largest absolute Gasteiger partial charge is 0.0622 e. The zero-order valence-electron chi connectivity index (χ0n) is 15.8. The van der Waals surface area contributed by atoms with Crippen LogP contribution in [0.1, 0.15) is 28.2 Å². The Labute approximate surface area is 166 Å². The van der Waals surface area contributed by atoms with E-state index in [-0.39, 0.29) is 0 Å². The lowest BCUT2D eigenvalue weighted by Gasteiger charge is -2.20. The first-order valence-electron chi connectivity index (χ1n) is 9.88. The predicted molar refractivity (Wildman–Crippen MR) is 118 cm³/mol. The Bertz CT molecular complexity index is 1070. The average molecular weight is 358 g/mol. The highest BCUT2D eigenvalue weighted by Gasteiger charge is 2.25. The Hall–Kier alpha value is -3.38. The third-order valence-electron chi connectivity index (χ3n) is 5.64. The minimum Gasteiger partial charge on any atom is -0.0622 e. The first-order chi connectivity index (χ1) is 13.9. The molecule has 0 aromatic heterocycles. The highest BCUT2D eigenvalue weighted by Crippen LogP contribution is 2.41. The van der Waals surface area contributed by atoms with Crippen LogP contribution in [0.2, 0.25) is 0 Å². The molecule has 0 saturated heterocycles. The first kappa shape index (κ1) is 16.8. The highest BCUT2D eigenvalue weighted by molar-refractivity contribution is 5.81. The monoisotopic (exact) mass is 358 g/mol. The maximum atomic E-state index is 2.43. The van der Waals surface area contributed by atoms with Crippen LogP contribution in [0.4, 0.5) is 0 Å². The zero-order valence-corrected chi connectivity index (χ0v) is 15.8. The SMILES string of the molecule is C1=C(C(c2ccccc2)c2ccccc2)Cc2cccc(-c3ccccc3)c21. The molecular weight excluding hydrogens is 336 g/mol. The Morgan fingerprint density at radius 1 is 0.536 bits per heavy atom. The van der Waals surface area contributed by atoms with Crippen LogP contribution in [-0.2, 0) is 6.42 Å². The number of hydrogen-bond acceptors (Lipinski definition) is 0. The average Bonchev–Trinajstić information content (AvgIpc) is 3.20. The van der Waals surface area contributed by atoms with Crippen LogP contribution in [0.5, 0.6) is 0 Å². The van der Waals surface area contributed by atoms with Crippen molar-refractivity contribution in [2.75, 3.05) is 0 Å². The third kappa shape index (κ3) is 3.08. The fraction of sp³-hybridized carbons (Fsp3) is 0.0714. The predicted octanol–water partition coefficient (Wildman–Crippen LogP) is 7.13. The molecule has 0 N–H and O–H groups in total. The Morgan fingerprint density at radius 2 is 1.11 bits per heavy atom. The fourth-order valence-electron chi connectivity index (χ4n) is 4.36. The van der Waals surface area contributed by atoms with Crippen LogP contribution in [0, 0.1) is 0 Å². The van der Waals surface area contributed by atoms with Gasteiger partial charge in [0.25, 0.3) is 0 Å². The van der Waals surface area contributed by atoms with Gasteiger partial charge in [0.1, 0.15) is 0 Å². The Kier molecular flexibility index (Phi) is 4.39. The smallest absolute Gasteiger partial charge is 0.0305 e. The van der Waals surface area contributed by atoms with E-state index in [0.717, 1.165) is 6.42 Å². The van der Waals surface area contributed by atoms with Gasteiger partial charge in [0.2, 0.25) is 0 Å². The molecule has 0 aliphatic heterocycles. The van der Waals surface area contributed by atoms with Gasteiger partial charge in [-0.3, -0.25) is 0 Å². The summed E-state index contributed by atoms with van der Waals surface area (Å²) in [5.41, 5.74) is 9.59. The summed E-state index contributed by atoms with van der Waals surface area (Å²) in [6.45, 7) is 0. The van der Waals surface area contributed by atoms with E-state index in [1.807, 2.05) is 0 Å². The summed E-state index contributed by atoms with van der Waals surface area (Å²) < 4.78 is 0. The molecule has 0 fully saturated rings. The summed E-state index contributed by atoms with van der Waals surface area (Å²) in [6.07, 6.45) is 3.44. The zero-order chi connectivity index (χ0) is 18.8. The van der Waals surface area contributed by atoms with E-state index in [1.54, 1.807) is 0 Å². The minimum absolute atomic E-state index is 0.290. The van der Waals surface area contributed by atoms with Gasteiger partial charge in [-0.15, -0.1) is 0 Å². The topological polar surface area (TPSA) is 0 Å². The van der Waals surface area contributed by atoms with Crippen LogP contribution < -0.4 is 0 Å². The lowest BCUT2D eigenvalue weighted by atomic mass is 9.84. The summed E-state index contributed by atoms with van der Waals surface area (Å²) >= 11 is 0. The molecule has 134 valence electrons. The van der Waals surface area contributed by atoms with Crippen molar-refractivity contribution in [2.45, 2.75) is 12.3 Å². The summed E-state index contributed by atoms with van der Waals surface area (Å²) in [5.74, 6) is 0.290. The van der Waals surface area contributed by atoms with E-state index in [9.17, 15) is 0 Å². The molecule has 4 aromatic rings. The van der Waals surface area contributed by atoms with Crippen molar-refractivity contribution in [1.82, 2.24) is 0 Å². The van der Waals surface area contributed by atoms with Gasteiger partial charge in [0.15, 0.2) is 0 Å². The van der Waals surface area contributed by atoms with Gasteiger partial charge in [-0.2, -0.15) is 0 Å². The third-order valence-corrected chi connectivity index (χ3v) is 5.64. The number of fused-ring (bicyclic) bond motifs is 1. The number of allylic oxidation sites excluding steroid dienone is 1. The van der Waals surface area contributed by atoms with E-state index in [1.165, 1.54) is 39.0 Å². The maximum Gasteiger partial charge on any atom is 0.0305 e. The minimum atomic E-state index is 0.290. The summed E-state index contributed by atoms with van der Waals surface area (Å²) in [4.78, 5) is 0. The quantitative estimate of drug-likeness (QED) is 0.364.